The molecular weight excluding hydrogens is 126 g/mol. The van der Waals surface area contributed by atoms with Gasteiger partial charge in [-0.3, -0.25) is 5.10 Å². The number of nitrogens with one attached hydrogen (secondary N) is 1. The number of H-pyrrole nitrogens is 1. The molecule has 1 rings (SSSR count). The lowest BCUT2D eigenvalue weighted by molar-refractivity contribution is 1.02. The molecule has 54 valence electrons. The van der Waals surface area contributed by atoms with Crippen LogP contribution in [0.25, 0.3) is 0 Å². The standard InChI is InChI=1S/C5H8N2.C2H3N/c1-4-3-5(2)7-6-4;1-2-3/h3H,1-2H3,(H,6,7);1H3. The summed E-state index contributed by atoms with van der Waals surface area (Å²) in [5.41, 5.74) is 2.18. The first-order chi connectivity index (χ1) is 4.70. The Morgan fingerprint density at radius 1 is 1.60 bits per heavy atom. The van der Waals surface area contributed by atoms with Crippen molar-refractivity contribution in [2.75, 3.05) is 0 Å². The Balaban J connectivity index is 0.000000236. The molecule has 0 radical (unpaired) electrons. The summed E-state index contributed by atoms with van der Waals surface area (Å²) in [5.74, 6) is 0. The number of aromatic amines is 1. The summed E-state index contributed by atoms with van der Waals surface area (Å²) in [7, 11) is 0. The van der Waals surface area contributed by atoms with E-state index in [4.69, 9.17) is 5.26 Å². The molecule has 3 heteroatoms. The van der Waals surface area contributed by atoms with Gasteiger partial charge in [-0.2, -0.15) is 10.4 Å². The molecule has 0 atom stereocenters. The van der Waals surface area contributed by atoms with Crippen molar-refractivity contribution in [3.05, 3.63) is 17.5 Å². The molecule has 0 amide bonds. The molecule has 0 bridgehead atoms. The van der Waals surface area contributed by atoms with E-state index >= 15 is 0 Å². The predicted octanol–water partition coefficient (Wildman–Crippen LogP) is 1.56. The van der Waals surface area contributed by atoms with Gasteiger partial charge in [0.05, 0.1) is 11.8 Å². The van der Waals surface area contributed by atoms with Gasteiger partial charge in [0.15, 0.2) is 0 Å². The Morgan fingerprint density at radius 2 is 2.10 bits per heavy atom. The van der Waals surface area contributed by atoms with E-state index in [1.54, 1.807) is 6.07 Å². The molecule has 10 heavy (non-hydrogen) atoms. The lowest BCUT2D eigenvalue weighted by Crippen LogP contribution is -1.68. The summed E-state index contributed by atoms with van der Waals surface area (Å²) >= 11 is 0. The Morgan fingerprint density at radius 3 is 2.20 bits per heavy atom. The molecule has 1 N–H and O–H groups in total. The van der Waals surface area contributed by atoms with Crippen LogP contribution in [0.2, 0.25) is 0 Å². The van der Waals surface area contributed by atoms with Crippen molar-refractivity contribution < 1.29 is 0 Å². The topological polar surface area (TPSA) is 52.5 Å². The smallest absolute Gasteiger partial charge is 0.0593 e. The normalized spacial score (nSPS) is 7.40. The van der Waals surface area contributed by atoms with Crippen LogP contribution in [0.15, 0.2) is 6.07 Å². The van der Waals surface area contributed by atoms with Gasteiger partial charge in [-0.05, 0) is 19.9 Å². The number of hydrogen-bond donors (Lipinski definition) is 1. The van der Waals surface area contributed by atoms with Gasteiger partial charge in [0, 0.05) is 12.6 Å². The van der Waals surface area contributed by atoms with Crippen molar-refractivity contribution >= 4 is 0 Å². The van der Waals surface area contributed by atoms with Gasteiger partial charge in [-0.1, -0.05) is 0 Å². The Bertz CT molecular complexity index is 203. The molecule has 0 aliphatic carbocycles. The molecule has 0 unspecified atom stereocenters. The highest BCUT2D eigenvalue weighted by Crippen LogP contribution is 1.92. The third-order valence-electron chi connectivity index (χ3n) is 0.834. The highest BCUT2D eigenvalue weighted by Gasteiger charge is 1.84. The molecular formula is C7H11N3. The Hall–Kier alpha value is -1.30. The maximum absolute atomic E-state index is 7.32. The molecule has 3 nitrogen and oxygen atoms in total. The van der Waals surface area contributed by atoms with Crippen LogP contribution in [0, 0.1) is 25.2 Å². The largest absolute Gasteiger partial charge is 0.283 e. The first-order valence-corrected chi connectivity index (χ1v) is 3.00. The molecule has 0 fully saturated rings. The quantitative estimate of drug-likeness (QED) is 0.589. The second kappa shape index (κ2) is 4.57. The molecule has 1 heterocycles. The maximum Gasteiger partial charge on any atom is 0.0593 e. The molecule has 1 aromatic heterocycles. The van der Waals surface area contributed by atoms with Crippen LogP contribution in [0.5, 0.6) is 0 Å². The van der Waals surface area contributed by atoms with E-state index in [1.807, 2.05) is 19.9 Å². The van der Waals surface area contributed by atoms with Crippen LogP contribution in [-0.4, -0.2) is 10.2 Å². The summed E-state index contributed by atoms with van der Waals surface area (Å²) in [6.45, 7) is 5.38. The van der Waals surface area contributed by atoms with Gasteiger partial charge in [-0.25, -0.2) is 0 Å². The minimum atomic E-state index is 1.05. The van der Waals surface area contributed by atoms with Gasteiger partial charge in [0.1, 0.15) is 0 Å². The van der Waals surface area contributed by atoms with Crippen molar-refractivity contribution in [3.8, 4) is 6.07 Å². The Kier molecular flexibility index (Phi) is 3.97. The van der Waals surface area contributed by atoms with E-state index in [1.165, 1.54) is 6.92 Å². The number of aryl methyl sites for hydroxylation is 2. The highest BCUT2D eigenvalue weighted by atomic mass is 15.1. The third-order valence-corrected chi connectivity index (χ3v) is 0.834. The molecule has 0 aliphatic heterocycles. The highest BCUT2D eigenvalue weighted by molar-refractivity contribution is 5.03. The fourth-order valence-electron chi connectivity index (χ4n) is 0.554. The lowest BCUT2D eigenvalue weighted by Gasteiger charge is -1.68. The number of hydrogen-bond acceptors (Lipinski definition) is 2. The van der Waals surface area contributed by atoms with Gasteiger partial charge in [0.2, 0.25) is 0 Å². The third kappa shape index (κ3) is 3.67. The average molecular weight is 137 g/mol. The SMILES string of the molecule is CC#N.Cc1cc(C)[nH]n1. The van der Waals surface area contributed by atoms with E-state index in [0.29, 0.717) is 0 Å². The number of nitrogens with zero attached hydrogens (tertiary/aromatic N) is 2. The first-order valence-electron chi connectivity index (χ1n) is 3.00. The number of aromatic nitrogens is 2. The summed E-state index contributed by atoms with van der Waals surface area (Å²) in [6, 6.07) is 3.75. The van der Waals surface area contributed by atoms with E-state index < -0.39 is 0 Å². The van der Waals surface area contributed by atoms with Crippen LogP contribution in [0.3, 0.4) is 0 Å². The Labute approximate surface area is 60.7 Å². The fraction of sp³-hybridized carbons (Fsp3) is 0.429. The molecule has 0 saturated heterocycles. The fourth-order valence-corrected chi connectivity index (χ4v) is 0.554. The first kappa shape index (κ1) is 8.70. The zero-order valence-corrected chi connectivity index (χ0v) is 6.47. The molecule has 1 aromatic rings. The van der Waals surface area contributed by atoms with Gasteiger partial charge in [0.25, 0.3) is 0 Å². The van der Waals surface area contributed by atoms with Crippen molar-refractivity contribution in [1.29, 1.82) is 5.26 Å². The van der Waals surface area contributed by atoms with Crippen molar-refractivity contribution in [2.45, 2.75) is 20.8 Å². The van der Waals surface area contributed by atoms with Gasteiger partial charge in [-0.15, -0.1) is 0 Å². The molecule has 0 spiro atoms. The van der Waals surface area contributed by atoms with Crippen LogP contribution in [-0.2, 0) is 0 Å². The zero-order chi connectivity index (χ0) is 7.98. The average Bonchev–Trinajstić information content (AvgIpc) is 2.17. The minimum absolute atomic E-state index is 1.05. The molecule has 0 aliphatic rings. The molecule has 0 saturated carbocycles. The van der Waals surface area contributed by atoms with Crippen LogP contribution >= 0.6 is 0 Å². The lowest BCUT2D eigenvalue weighted by atomic mass is 10.4. The van der Waals surface area contributed by atoms with E-state index in [-0.39, 0.29) is 0 Å². The van der Waals surface area contributed by atoms with E-state index in [9.17, 15) is 0 Å². The monoisotopic (exact) mass is 137 g/mol. The van der Waals surface area contributed by atoms with Gasteiger partial charge < -0.3 is 0 Å². The zero-order valence-electron chi connectivity index (χ0n) is 6.47. The molecule has 0 aromatic carbocycles. The number of rotatable bonds is 0. The van der Waals surface area contributed by atoms with Crippen LogP contribution < -0.4 is 0 Å². The van der Waals surface area contributed by atoms with Crippen LogP contribution in [0.4, 0.5) is 0 Å². The van der Waals surface area contributed by atoms with E-state index in [0.717, 1.165) is 11.4 Å². The summed E-state index contributed by atoms with van der Waals surface area (Å²) < 4.78 is 0. The minimum Gasteiger partial charge on any atom is -0.283 e. The van der Waals surface area contributed by atoms with Crippen molar-refractivity contribution in [3.63, 3.8) is 0 Å². The van der Waals surface area contributed by atoms with Crippen molar-refractivity contribution in [1.82, 2.24) is 10.2 Å². The second-order valence-corrected chi connectivity index (χ2v) is 1.92. The number of nitriles is 1. The summed E-state index contributed by atoms with van der Waals surface area (Å²) in [5, 5.41) is 14.0. The summed E-state index contributed by atoms with van der Waals surface area (Å²) in [6.07, 6.45) is 0. The van der Waals surface area contributed by atoms with Gasteiger partial charge >= 0.3 is 0 Å². The predicted molar refractivity (Wildman–Crippen MR) is 39.3 cm³/mol. The second-order valence-electron chi connectivity index (χ2n) is 1.92. The van der Waals surface area contributed by atoms with E-state index in [2.05, 4.69) is 10.2 Å². The maximum atomic E-state index is 7.32. The van der Waals surface area contributed by atoms with Crippen molar-refractivity contribution in [2.24, 2.45) is 0 Å². The summed E-state index contributed by atoms with van der Waals surface area (Å²) in [4.78, 5) is 0. The van der Waals surface area contributed by atoms with Crippen LogP contribution in [0.1, 0.15) is 18.3 Å².